The molecule has 11 nitrogen and oxygen atoms in total. The van der Waals surface area contributed by atoms with Gasteiger partial charge in [0.2, 0.25) is 5.88 Å². The molecule has 4 N–H and O–H groups in total. The Labute approximate surface area is 183 Å². The van der Waals surface area contributed by atoms with Gasteiger partial charge in [-0.1, -0.05) is 12.1 Å². The van der Waals surface area contributed by atoms with E-state index in [0.29, 0.717) is 30.8 Å². The number of aromatic nitrogens is 4. The summed E-state index contributed by atoms with van der Waals surface area (Å²) in [5.74, 6) is -0.479. The van der Waals surface area contributed by atoms with Gasteiger partial charge in [-0.2, -0.15) is 15.3 Å². The van der Waals surface area contributed by atoms with Crippen molar-refractivity contribution in [1.29, 1.82) is 5.26 Å². The molecule has 0 radical (unpaired) electrons. The van der Waals surface area contributed by atoms with Crippen LogP contribution < -0.4 is 16.0 Å². The predicted molar refractivity (Wildman–Crippen MR) is 112 cm³/mol. The van der Waals surface area contributed by atoms with Gasteiger partial charge in [0.05, 0.1) is 31.0 Å². The number of carbonyl (C=O) groups is 1. The molecule has 3 aromatic rings. The van der Waals surface area contributed by atoms with Crippen LogP contribution in [0, 0.1) is 11.3 Å². The lowest BCUT2D eigenvalue weighted by Gasteiger charge is -2.17. The maximum Gasteiger partial charge on any atom is 0.284 e. The van der Waals surface area contributed by atoms with Crippen molar-refractivity contribution in [3.8, 4) is 23.3 Å². The summed E-state index contributed by atoms with van der Waals surface area (Å²) in [6, 6.07) is 8.83. The summed E-state index contributed by atoms with van der Waals surface area (Å²) < 4.78 is 11.3. The summed E-state index contributed by atoms with van der Waals surface area (Å²) in [7, 11) is 0. The number of hydrogen-bond donors (Lipinski definition) is 3. The highest BCUT2D eigenvalue weighted by atomic mass is 16.7. The third-order valence-corrected chi connectivity index (χ3v) is 4.86. The molecular weight excluding hydrogens is 414 g/mol. The fourth-order valence-corrected chi connectivity index (χ4v) is 3.12. The summed E-state index contributed by atoms with van der Waals surface area (Å²) >= 11 is 0. The molecular formula is C21H21N7O4. The first-order valence-corrected chi connectivity index (χ1v) is 9.92. The van der Waals surface area contributed by atoms with Crippen LogP contribution in [-0.2, 0) is 9.57 Å². The molecule has 0 aliphatic carbocycles. The van der Waals surface area contributed by atoms with Crippen LogP contribution in [0.25, 0.3) is 11.4 Å². The zero-order chi connectivity index (χ0) is 22.5. The van der Waals surface area contributed by atoms with E-state index in [-0.39, 0.29) is 29.2 Å². The molecule has 0 saturated carbocycles. The Hall–Kier alpha value is -4.01. The van der Waals surface area contributed by atoms with Crippen molar-refractivity contribution in [2.45, 2.75) is 25.6 Å². The van der Waals surface area contributed by atoms with Gasteiger partial charge >= 0.3 is 0 Å². The first-order chi connectivity index (χ1) is 15.5. The maximum absolute atomic E-state index is 12.9. The standard InChI is InChI=1S/C21H21N7O4/c1-12(15-9-24-25-10-15)32-28-20(29)17-18(23)26-19(14-4-2-3-13(7-14)8-22)27-21(17)31-16-5-6-30-11-16/h2-4,7,9-10,12,16H,5-6,11H2,1H3,(H,24,25)(H,28,29)(H2,23,26,27)/t12?,16-/m0/s1. The second-order valence-corrected chi connectivity index (χ2v) is 7.13. The average molecular weight is 435 g/mol. The Morgan fingerprint density at radius 3 is 3.03 bits per heavy atom. The molecule has 2 atom stereocenters. The van der Waals surface area contributed by atoms with Crippen molar-refractivity contribution in [3.05, 3.63) is 53.3 Å². The smallest absolute Gasteiger partial charge is 0.284 e. The monoisotopic (exact) mass is 435 g/mol. The van der Waals surface area contributed by atoms with Crippen molar-refractivity contribution < 1.29 is 19.1 Å². The van der Waals surface area contributed by atoms with E-state index in [9.17, 15) is 10.1 Å². The fraction of sp³-hybridized carbons (Fsp3) is 0.286. The summed E-state index contributed by atoms with van der Waals surface area (Å²) in [6.45, 7) is 2.68. The van der Waals surface area contributed by atoms with Crippen LogP contribution in [0.2, 0.25) is 0 Å². The molecule has 32 heavy (non-hydrogen) atoms. The second-order valence-electron chi connectivity index (χ2n) is 7.13. The van der Waals surface area contributed by atoms with E-state index >= 15 is 0 Å². The maximum atomic E-state index is 12.9. The number of anilines is 1. The number of nitriles is 1. The van der Waals surface area contributed by atoms with E-state index < -0.39 is 12.0 Å². The fourth-order valence-electron chi connectivity index (χ4n) is 3.12. The minimum Gasteiger partial charge on any atom is -0.471 e. The number of carbonyl (C=O) groups excluding carboxylic acids is 1. The van der Waals surface area contributed by atoms with Crippen LogP contribution in [-0.4, -0.2) is 45.4 Å². The Morgan fingerprint density at radius 1 is 1.44 bits per heavy atom. The average Bonchev–Trinajstić information content (AvgIpc) is 3.51. The summed E-state index contributed by atoms with van der Waals surface area (Å²) in [5.41, 5.74) is 10.2. The van der Waals surface area contributed by atoms with Gasteiger partial charge in [-0.3, -0.25) is 14.7 Å². The number of nitrogens with one attached hydrogen (secondary N) is 2. The zero-order valence-corrected chi connectivity index (χ0v) is 17.2. The lowest BCUT2D eigenvalue weighted by atomic mass is 10.1. The van der Waals surface area contributed by atoms with E-state index in [1.165, 1.54) is 0 Å². The number of ether oxygens (including phenoxy) is 2. The van der Waals surface area contributed by atoms with E-state index in [1.54, 1.807) is 43.6 Å². The van der Waals surface area contributed by atoms with Crippen LogP contribution >= 0.6 is 0 Å². The van der Waals surface area contributed by atoms with E-state index in [1.807, 2.05) is 0 Å². The first kappa shape index (κ1) is 21.2. The molecule has 1 aliphatic rings. The minimum absolute atomic E-state index is 0.0161. The number of aromatic amines is 1. The summed E-state index contributed by atoms with van der Waals surface area (Å²) in [5, 5.41) is 15.7. The molecule has 2 aromatic heterocycles. The molecule has 164 valence electrons. The number of hydrogen-bond acceptors (Lipinski definition) is 9. The molecule has 1 aliphatic heterocycles. The molecule has 1 fully saturated rings. The first-order valence-electron chi connectivity index (χ1n) is 9.92. The Bertz CT molecular complexity index is 1140. The van der Waals surface area contributed by atoms with Crippen LogP contribution in [0.15, 0.2) is 36.7 Å². The summed E-state index contributed by atoms with van der Waals surface area (Å²) in [6.07, 6.45) is 3.17. The van der Waals surface area contributed by atoms with E-state index in [0.717, 1.165) is 5.56 Å². The summed E-state index contributed by atoms with van der Waals surface area (Å²) in [4.78, 5) is 27.0. The van der Waals surface area contributed by atoms with Crippen molar-refractivity contribution in [3.63, 3.8) is 0 Å². The van der Waals surface area contributed by atoms with E-state index in [4.69, 9.17) is 20.0 Å². The minimum atomic E-state index is -0.649. The Morgan fingerprint density at radius 2 is 2.31 bits per heavy atom. The molecule has 1 saturated heterocycles. The van der Waals surface area contributed by atoms with Crippen LogP contribution in [0.5, 0.6) is 5.88 Å². The Balaban J connectivity index is 1.63. The molecule has 0 bridgehead atoms. The molecule has 11 heteroatoms. The highest BCUT2D eigenvalue weighted by Crippen LogP contribution is 2.28. The van der Waals surface area contributed by atoms with E-state index in [2.05, 4.69) is 31.7 Å². The van der Waals surface area contributed by atoms with Gasteiger partial charge < -0.3 is 15.2 Å². The quantitative estimate of drug-likeness (QED) is 0.471. The molecule has 1 amide bonds. The lowest BCUT2D eigenvalue weighted by Crippen LogP contribution is -2.28. The molecule has 1 aromatic carbocycles. The number of nitrogens with zero attached hydrogens (tertiary/aromatic N) is 4. The van der Waals surface area contributed by atoms with Gasteiger partial charge in [0.1, 0.15) is 23.6 Å². The molecule has 0 spiro atoms. The van der Waals surface area contributed by atoms with Crippen LogP contribution in [0.4, 0.5) is 5.82 Å². The van der Waals surface area contributed by atoms with Gasteiger partial charge in [0.15, 0.2) is 5.82 Å². The van der Waals surface area contributed by atoms with Gasteiger partial charge in [0, 0.05) is 23.7 Å². The third-order valence-electron chi connectivity index (χ3n) is 4.86. The number of hydroxylamine groups is 1. The SMILES string of the molecule is CC(ONC(=O)c1c(N)nc(-c2cccc(C#N)c2)nc1O[C@H]1CCOC1)c1cn[nH]c1. The zero-order valence-electron chi connectivity index (χ0n) is 17.2. The van der Waals surface area contributed by atoms with Gasteiger partial charge in [-0.25, -0.2) is 10.5 Å². The normalized spacial score (nSPS) is 16.3. The number of amides is 1. The number of H-pyrrole nitrogens is 1. The second kappa shape index (κ2) is 9.42. The highest BCUT2D eigenvalue weighted by molar-refractivity contribution is 6.00. The third kappa shape index (κ3) is 4.66. The van der Waals surface area contributed by atoms with Gasteiger partial charge in [-0.05, 0) is 19.1 Å². The van der Waals surface area contributed by atoms with Crippen molar-refractivity contribution in [2.24, 2.45) is 0 Å². The van der Waals surface area contributed by atoms with Gasteiger partial charge in [-0.15, -0.1) is 0 Å². The van der Waals surface area contributed by atoms with Crippen molar-refractivity contribution in [1.82, 2.24) is 25.6 Å². The number of nitrogens with two attached hydrogens (primary N) is 1. The highest BCUT2D eigenvalue weighted by Gasteiger charge is 2.26. The number of nitrogen functional groups attached to an aromatic ring is 1. The predicted octanol–water partition coefficient (Wildman–Crippen LogP) is 1.91. The molecule has 1 unspecified atom stereocenters. The molecule has 4 rings (SSSR count). The largest absolute Gasteiger partial charge is 0.471 e. The Kier molecular flexibility index (Phi) is 6.25. The number of benzene rings is 1. The van der Waals surface area contributed by atoms with Crippen LogP contribution in [0.1, 0.15) is 40.9 Å². The topological polar surface area (TPSA) is 161 Å². The van der Waals surface area contributed by atoms with Crippen molar-refractivity contribution in [2.75, 3.05) is 18.9 Å². The van der Waals surface area contributed by atoms with Gasteiger partial charge in [0.25, 0.3) is 5.91 Å². The lowest BCUT2D eigenvalue weighted by molar-refractivity contribution is -0.00917. The van der Waals surface area contributed by atoms with Crippen molar-refractivity contribution >= 4 is 11.7 Å². The van der Waals surface area contributed by atoms with Crippen LogP contribution in [0.3, 0.4) is 0 Å². The number of rotatable bonds is 7. The molecule has 3 heterocycles.